The average Bonchev–Trinajstić information content (AvgIpc) is 3.72. The minimum Gasteiger partial charge on any atom is -0.551 e. The van der Waals surface area contributed by atoms with E-state index in [1.54, 1.807) is 0 Å². The molecule has 0 fully saturated rings. The molecule has 0 N–H and O–H groups in total. The van der Waals surface area contributed by atoms with E-state index >= 15 is 0 Å². The normalized spacial score (nSPS) is 12.5. The largest absolute Gasteiger partial charge is 0.551 e. The van der Waals surface area contributed by atoms with Gasteiger partial charge in [-0.05, 0) is 97.1 Å². The van der Waals surface area contributed by atoms with Crippen LogP contribution in [-0.2, 0) is 0 Å². The number of hydrogen-bond acceptors (Lipinski definition) is 2. The van der Waals surface area contributed by atoms with E-state index in [2.05, 4.69) is 247 Å². The maximum atomic E-state index is 7.08. The molecule has 0 unspecified atom stereocenters. The monoisotopic (exact) mass is 845 g/mol. The molecule has 0 saturated carbocycles. The number of aromatic nitrogens is 1. The second kappa shape index (κ2) is 15.0. The van der Waals surface area contributed by atoms with Crippen molar-refractivity contribution in [2.75, 3.05) is 0 Å². The third-order valence-electron chi connectivity index (χ3n) is 13.6. The van der Waals surface area contributed by atoms with Crippen molar-refractivity contribution in [2.45, 2.75) is 0 Å². The second-order valence-electron chi connectivity index (χ2n) is 17.1. The van der Waals surface area contributed by atoms with Gasteiger partial charge in [0, 0.05) is 32.9 Å². The summed E-state index contributed by atoms with van der Waals surface area (Å²) in [5.74, 6) is 2.52. The van der Waals surface area contributed by atoms with Crippen LogP contribution in [0.4, 0.5) is 0 Å². The molecule has 10 aromatic carbocycles. The van der Waals surface area contributed by atoms with Crippen LogP contribution in [0.1, 0.15) is 0 Å². The zero-order valence-electron chi connectivity index (χ0n) is 35.4. The van der Waals surface area contributed by atoms with Crippen LogP contribution in [0.15, 0.2) is 243 Å². The molecule has 3 heterocycles. The van der Waals surface area contributed by atoms with Crippen molar-refractivity contribution >= 4 is 68.5 Å². The van der Waals surface area contributed by atoms with Crippen LogP contribution in [-0.4, -0.2) is 19.6 Å². The minimum atomic E-state index is -2.81. The maximum Gasteiger partial charge on any atom is 0.434 e. The Kier molecular flexibility index (Phi) is 8.65. The van der Waals surface area contributed by atoms with Gasteiger partial charge in [-0.15, -0.1) is 0 Å². The van der Waals surface area contributed by atoms with Crippen LogP contribution in [0.5, 0.6) is 17.2 Å². The van der Waals surface area contributed by atoms with Crippen LogP contribution in [0.25, 0.3) is 60.9 Å². The van der Waals surface area contributed by atoms with Gasteiger partial charge in [-0.1, -0.05) is 194 Å². The molecule has 2 aliphatic rings. The van der Waals surface area contributed by atoms with Crippen LogP contribution in [0.2, 0.25) is 0 Å². The summed E-state index contributed by atoms with van der Waals surface area (Å²) in [5, 5.41) is 7.90. The standard InChI is InChI=1S/C60H40BNO2Si/c1-4-20-45(21-5-1)65(46-22-6-2-7-23-46,47-24-8-3-9-25-47)59-33-15-12-26-48(59)43-35-37-56-52(39-43)51-29-17-32-57-60(51)61(64-56)53-36-34-42(40-58(53)63-57)41-18-16-19-44(38-41)62-54-30-13-10-27-49(54)50-28-11-14-31-55(50)62/h1-40H. The highest BCUT2D eigenvalue weighted by molar-refractivity contribution is 7.20. The molecule has 0 spiro atoms. The van der Waals surface area contributed by atoms with Crippen LogP contribution < -0.4 is 41.1 Å². The van der Waals surface area contributed by atoms with Crippen molar-refractivity contribution in [3.05, 3.63) is 243 Å². The molecule has 0 saturated heterocycles. The molecule has 0 aliphatic carbocycles. The number of para-hydroxylation sites is 2. The summed E-state index contributed by atoms with van der Waals surface area (Å²) >= 11 is 0. The molecule has 0 atom stereocenters. The van der Waals surface area contributed by atoms with Gasteiger partial charge in [0.25, 0.3) is 0 Å². The van der Waals surface area contributed by atoms with Gasteiger partial charge < -0.3 is 14.0 Å². The van der Waals surface area contributed by atoms with Gasteiger partial charge in [-0.2, -0.15) is 0 Å². The fourth-order valence-corrected chi connectivity index (χ4v) is 15.8. The molecule has 65 heavy (non-hydrogen) atoms. The summed E-state index contributed by atoms with van der Waals surface area (Å²) in [5.41, 5.74) is 12.4. The van der Waals surface area contributed by atoms with Gasteiger partial charge in [0.15, 0.2) is 8.07 Å². The highest BCUT2D eigenvalue weighted by Gasteiger charge is 2.44. The SMILES string of the molecule is c1ccc([Si](c2ccccc2)(c2ccccc2)c2ccccc2-c2ccc3c(c2)-c2cccc4c2B(O3)c2ccc(-c3cccc(-n5c6ccccc6c6ccccc65)c3)cc2O4)cc1. The predicted molar refractivity (Wildman–Crippen MR) is 273 cm³/mol. The third kappa shape index (κ3) is 5.83. The van der Waals surface area contributed by atoms with Gasteiger partial charge >= 0.3 is 6.92 Å². The Morgan fingerprint density at radius 1 is 0.369 bits per heavy atom. The van der Waals surface area contributed by atoms with Crippen molar-refractivity contribution in [2.24, 2.45) is 0 Å². The highest BCUT2D eigenvalue weighted by atomic mass is 28.3. The van der Waals surface area contributed by atoms with Crippen molar-refractivity contribution in [3.8, 4) is 56.3 Å². The molecule has 0 radical (unpaired) electrons. The zero-order chi connectivity index (χ0) is 42.9. The molecule has 5 heteroatoms. The lowest BCUT2D eigenvalue weighted by Crippen LogP contribution is -2.75. The number of hydrogen-bond donors (Lipinski definition) is 0. The van der Waals surface area contributed by atoms with Gasteiger partial charge in [-0.3, -0.25) is 0 Å². The Bertz CT molecular complexity index is 3470. The van der Waals surface area contributed by atoms with Crippen LogP contribution in [0.3, 0.4) is 0 Å². The molecule has 2 aliphatic heterocycles. The van der Waals surface area contributed by atoms with E-state index in [4.69, 9.17) is 9.39 Å². The number of benzene rings is 10. The molecule has 13 rings (SSSR count). The summed E-state index contributed by atoms with van der Waals surface area (Å²) in [4.78, 5) is 0. The average molecular weight is 846 g/mol. The van der Waals surface area contributed by atoms with Crippen LogP contribution in [0, 0.1) is 0 Å². The third-order valence-corrected chi connectivity index (χ3v) is 18.5. The fourth-order valence-electron chi connectivity index (χ4n) is 10.8. The number of rotatable bonds is 7. The molecular weight excluding hydrogens is 806 g/mol. The van der Waals surface area contributed by atoms with Gasteiger partial charge in [-0.25, -0.2) is 0 Å². The topological polar surface area (TPSA) is 23.4 Å². The van der Waals surface area contributed by atoms with Crippen molar-refractivity contribution in [1.29, 1.82) is 0 Å². The summed E-state index contributed by atoms with van der Waals surface area (Å²) in [7, 11) is -2.81. The summed E-state index contributed by atoms with van der Waals surface area (Å²) in [6.45, 7) is -0.303. The summed E-state index contributed by atoms with van der Waals surface area (Å²) in [6, 6.07) is 88.3. The van der Waals surface area contributed by atoms with Gasteiger partial charge in [0.05, 0.1) is 11.0 Å². The van der Waals surface area contributed by atoms with Crippen molar-refractivity contribution in [1.82, 2.24) is 4.57 Å². The Morgan fingerprint density at radius 3 is 1.63 bits per heavy atom. The predicted octanol–water partition coefficient (Wildman–Crippen LogP) is 10.8. The molecule has 0 bridgehead atoms. The van der Waals surface area contributed by atoms with Crippen LogP contribution >= 0.6 is 0 Å². The first-order chi connectivity index (χ1) is 32.2. The molecule has 3 nitrogen and oxygen atoms in total. The lowest BCUT2D eigenvalue weighted by atomic mass is 9.51. The van der Waals surface area contributed by atoms with E-state index in [0.29, 0.717) is 0 Å². The number of fused-ring (bicyclic) bond motifs is 7. The lowest BCUT2D eigenvalue weighted by molar-refractivity contribution is 0.479. The molecule has 1 aromatic heterocycles. The van der Waals surface area contributed by atoms with E-state index in [1.165, 1.54) is 48.1 Å². The van der Waals surface area contributed by atoms with Crippen molar-refractivity contribution in [3.63, 3.8) is 0 Å². The van der Waals surface area contributed by atoms with E-state index in [-0.39, 0.29) is 6.92 Å². The summed E-state index contributed by atoms with van der Waals surface area (Å²) < 4.78 is 16.3. The molecule has 304 valence electrons. The number of ether oxygens (including phenoxy) is 1. The first-order valence-corrected chi connectivity index (χ1v) is 24.4. The maximum absolute atomic E-state index is 7.08. The van der Waals surface area contributed by atoms with Crippen molar-refractivity contribution < 1.29 is 9.39 Å². The highest BCUT2D eigenvalue weighted by Crippen LogP contribution is 2.42. The Morgan fingerprint density at radius 2 is 0.938 bits per heavy atom. The van der Waals surface area contributed by atoms with Gasteiger partial charge in [0.2, 0.25) is 0 Å². The molecule has 11 aromatic rings. The quantitative estimate of drug-likeness (QED) is 0.118. The Hall–Kier alpha value is -8.12. The fraction of sp³-hybridized carbons (Fsp3) is 0. The lowest BCUT2D eigenvalue weighted by Gasteiger charge is -2.36. The summed E-state index contributed by atoms with van der Waals surface area (Å²) in [6.07, 6.45) is 0. The van der Waals surface area contributed by atoms with E-state index in [0.717, 1.165) is 61.7 Å². The smallest absolute Gasteiger partial charge is 0.434 e. The zero-order valence-corrected chi connectivity index (χ0v) is 36.4. The first kappa shape index (κ1) is 37.4. The first-order valence-electron chi connectivity index (χ1n) is 22.4. The molecular formula is C60H40BNO2Si. The second-order valence-corrected chi connectivity index (χ2v) is 20.9. The van der Waals surface area contributed by atoms with E-state index in [9.17, 15) is 0 Å². The Balaban J connectivity index is 0.898. The number of nitrogens with zero attached hydrogens (tertiary/aromatic N) is 1. The van der Waals surface area contributed by atoms with E-state index in [1.807, 2.05) is 0 Å². The minimum absolute atomic E-state index is 0.303. The van der Waals surface area contributed by atoms with E-state index < -0.39 is 8.07 Å². The Labute approximate surface area is 379 Å². The van der Waals surface area contributed by atoms with Gasteiger partial charge in [0.1, 0.15) is 17.2 Å². The molecule has 0 amide bonds.